The van der Waals surface area contributed by atoms with Crippen molar-refractivity contribution in [2.75, 3.05) is 38.8 Å². The van der Waals surface area contributed by atoms with Crippen molar-refractivity contribution in [1.29, 1.82) is 5.26 Å². The monoisotopic (exact) mass is 524 g/mol. The van der Waals surface area contributed by atoms with E-state index in [4.69, 9.17) is 26.1 Å². The van der Waals surface area contributed by atoms with Gasteiger partial charge in [-0.15, -0.1) is 0 Å². The highest BCUT2D eigenvalue weighted by Gasteiger charge is 2.32. The Morgan fingerprint density at radius 1 is 1.22 bits per heavy atom. The normalized spacial score (nSPS) is 22.2. The Balaban J connectivity index is 1.34. The number of ether oxygens (including phenoxy) is 2. The molecule has 1 atom stereocenters. The van der Waals surface area contributed by atoms with Crippen molar-refractivity contribution >= 4 is 17.4 Å². The zero-order valence-electron chi connectivity index (χ0n) is 22.3. The Labute approximate surface area is 227 Å². The highest BCUT2D eigenvalue weighted by atomic mass is 35.5. The molecule has 6 nitrogen and oxygen atoms in total. The zero-order chi connectivity index (χ0) is 26.1. The maximum Gasteiger partial charge on any atom is 0.126 e. The summed E-state index contributed by atoms with van der Waals surface area (Å²) in [5.41, 5.74) is 2.42. The fourth-order valence-electron chi connectivity index (χ4n) is 5.73. The zero-order valence-corrected chi connectivity index (χ0v) is 23.1. The Morgan fingerprint density at radius 2 is 1.97 bits per heavy atom. The molecule has 1 saturated carbocycles. The van der Waals surface area contributed by atoms with Crippen LogP contribution in [0.4, 0.5) is 5.82 Å². The second-order valence-electron chi connectivity index (χ2n) is 11.2. The van der Waals surface area contributed by atoms with Crippen molar-refractivity contribution in [3.63, 3.8) is 0 Å². The summed E-state index contributed by atoms with van der Waals surface area (Å²) in [6.07, 6.45) is 12.0. The molecule has 2 aliphatic rings. The van der Waals surface area contributed by atoms with Crippen LogP contribution in [-0.2, 0) is 15.9 Å². The molecule has 0 spiro atoms. The van der Waals surface area contributed by atoms with Crippen LogP contribution >= 0.6 is 11.6 Å². The Morgan fingerprint density at radius 3 is 2.70 bits per heavy atom. The van der Waals surface area contributed by atoms with Crippen LogP contribution in [0.3, 0.4) is 0 Å². The van der Waals surface area contributed by atoms with Gasteiger partial charge < -0.3 is 14.8 Å². The second kappa shape index (κ2) is 13.6. The first-order chi connectivity index (χ1) is 18.0. The van der Waals surface area contributed by atoms with Gasteiger partial charge in [-0.25, -0.2) is 4.98 Å². The summed E-state index contributed by atoms with van der Waals surface area (Å²) in [4.78, 5) is 9.49. The van der Waals surface area contributed by atoms with Crippen molar-refractivity contribution < 1.29 is 9.47 Å². The number of pyridine rings is 2. The lowest BCUT2D eigenvalue weighted by molar-refractivity contribution is 0.0455. The molecular weight excluding hydrogens is 484 g/mol. The number of nitrogens with zero attached hydrogens (tertiary/aromatic N) is 3. The van der Waals surface area contributed by atoms with Gasteiger partial charge in [0.05, 0.1) is 22.2 Å². The van der Waals surface area contributed by atoms with E-state index in [0.29, 0.717) is 36.6 Å². The van der Waals surface area contributed by atoms with Crippen LogP contribution in [0.2, 0.25) is 5.02 Å². The fourth-order valence-corrected chi connectivity index (χ4v) is 5.93. The number of hydrogen-bond acceptors (Lipinski definition) is 6. The van der Waals surface area contributed by atoms with Crippen molar-refractivity contribution in [1.82, 2.24) is 9.97 Å². The minimum absolute atomic E-state index is 0.404. The molecule has 1 unspecified atom stereocenters. The average Bonchev–Trinajstić information content (AvgIpc) is 2.93. The summed E-state index contributed by atoms with van der Waals surface area (Å²) in [6, 6.07) is 10.5. The number of halogens is 1. The molecule has 0 radical (unpaired) electrons. The van der Waals surface area contributed by atoms with E-state index < -0.39 is 5.41 Å². The highest BCUT2D eigenvalue weighted by molar-refractivity contribution is 6.33. The molecule has 1 aliphatic carbocycles. The quantitative estimate of drug-likeness (QED) is 0.343. The van der Waals surface area contributed by atoms with Gasteiger partial charge in [-0.3, -0.25) is 4.98 Å². The molecule has 200 valence electrons. The summed E-state index contributed by atoms with van der Waals surface area (Å²) >= 11 is 6.58. The van der Waals surface area contributed by atoms with Gasteiger partial charge >= 0.3 is 0 Å². The first-order valence-corrected chi connectivity index (χ1v) is 14.2. The second-order valence-corrected chi connectivity index (χ2v) is 11.6. The lowest BCUT2D eigenvalue weighted by Gasteiger charge is -2.30. The van der Waals surface area contributed by atoms with E-state index >= 15 is 0 Å². The predicted octanol–water partition coefficient (Wildman–Crippen LogP) is 6.94. The lowest BCUT2D eigenvalue weighted by Crippen LogP contribution is -2.34. The van der Waals surface area contributed by atoms with E-state index in [9.17, 15) is 5.26 Å². The SMILES string of the molecule is COCC(C)CCC1CCC(Cc2cc(-c3cccc(NCC4(C#N)CCOCC4)n3)c(Cl)cn2)CC1. The van der Waals surface area contributed by atoms with E-state index in [1.807, 2.05) is 18.2 Å². The lowest BCUT2D eigenvalue weighted by atomic mass is 9.77. The molecule has 0 aromatic carbocycles. The Kier molecular flexibility index (Phi) is 10.2. The van der Waals surface area contributed by atoms with Gasteiger partial charge in [-0.2, -0.15) is 5.26 Å². The van der Waals surface area contributed by atoms with Crippen LogP contribution in [0.1, 0.15) is 64.0 Å². The number of aromatic nitrogens is 2. The minimum Gasteiger partial charge on any atom is -0.384 e. The molecule has 0 bridgehead atoms. The molecule has 4 rings (SSSR count). The summed E-state index contributed by atoms with van der Waals surface area (Å²) in [7, 11) is 1.79. The first-order valence-electron chi connectivity index (χ1n) is 13.8. The maximum atomic E-state index is 9.74. The van der Waals surface area contributed by atoms with Crippen LogP contribution in [0.15, 0.2) is 30.5 Å². The van der Waals surface area contributed by atoms with Crippen molar-refractivity contribution in [3.8, 4) is 17.3 Å². The van der Waals surface area contributed by atoms with E-state index in [1.54, 1.807) is 13.3 Å². The van der Waals surface area contributed by atoms with Gasteiger partial charge in [0.2, 0.25) is 0 Å². The van der Waals surface area contributed by atoms with Crippen LogP contribution in [0.5, 0.6) is 0 Å². The van der Waals surface area contributed by atoms with E-state index in [-0.39, 0.29) is 0 Å². The maximum absolute atomic E-state index is 9.74. The molecule has 2 fully saturated rings. The average molecular weight is 525 g/mol. The van der Waals surface area contributed by atoms with Crippen LogP contribution in [0.25, 0.3) is 11.3 Å². The standard InChI is InChI=1S/C30H41ClN4O2/c1-22(19-36-2)6-7-23-8-10-24(11-9-23)16-25-17-26(27(31)18-33-25)28-4-3-5-29(35-28)34-21-30(20-32)12-14-37-15-13-30/h3-5,17-18,22-24H,6-16,19,21H2,1-2H3,(H,34,35). The number of rotatable bonds is 11. The summed E-state index contributed by atoms with van der Waals surface area (Å²) < 4.78 is 10.7. The molecule has 2 aromatic heterocycles. The predicted molar refractivity (Wildman–Crippen MR) is 148 cm³/mol. The van der Waals surface area contributed by atoms with E-state index in [1.165, 1.54) is 38.5 Å². The third kappa shape index (κ3) is 7.89. The molecule has 1 N–H and O–H groups in total. The number of hydrogen-bond donors (Lipinski definition) is 1. The van der Waals surface area contributed by atoms with Crippen LogP contribution in [-0.4, -0.2) is 43.4 Å². The number of methoxy groups -OCH3 is 1. The number of nitriles is 1. The molecule has 2 aromatic rings. The summed E-state index contributed by atoms with van der Waals surface area (Å²) in [5.74, 6) is 2.93. The highest BCUT2D eigenvalue weighted by Crippen LogP contribution is 2.35. The van der Waals surface area contributed by atoms with Gasteiger partial charge in [-0.1, -0.05) is 43.9 Å². The van der Waals surface area contributed by atoms with Gasteiger partial charge in [0.25, 0.3) is 0 Å². The Hall–Kier alpha value is -2.20. The molecule has 7 heteroatoms. The molecule has 37 heavy (non-hydrogen) atoms. The third-order valence-electron chi connectivity index (χ3n) is 8.22. The van der Waals surface area contributed by atoms with Crippen LogP contribution in [0, 0.1) is 34.5 Å². The molecule has 3 heterocycles. The number of anilines is 1. The van der Waals surface area contributed by atoms with E-state index in [0.717, 1.165) is 54.6 Å². The third-order valence-corrected chi connectivity index (χ3v) is 8.52. The van der Waals surface area contributed by atoms with Gasteiger partial charge in [0.1, 0.15) is 5.82 Å². The van der Waals surface area contributed by atoms with E-state index in [2.05, 4.69) is 29.4 Å². The van der Waals surface area contributed by atoms with Gasteiger partial charge in [0, 0.05) is 50.9 Å². The topological polar surface area (TPSA) is 80.1 Å². The fraction of sp³-hybridized carbons (Fsp3) is 0.633. The first kappa shape index (κ1) is 27.8. The van der Waals surface area contributed by atoms with Crippen LogP contribution < -0.4 is 5.32 Å². The molecule has 1 saturated heterocycles. The van der Waals surface area contributed by atoms with Crippen molar-refractivity contribution in [2.45, 2.75) is 64.7 Å². The minimum atomic E-state index is -0.404. The molecule has 0 amide bonds. The summed E-state index contributed by atoms with van der Waals surface area (Å²) in [5, 5.41) is 13.7. The summed E-state index contributed by atoms with van der Waals surface area (Å²) in [6.45, 7) is 4.98. The smallest absolute Gasteiger partial charge is 0.126 e. The van der Waals surface area contributed by atoms with Gasteiger partial charge in [-0.05, 0) is 74.5 Å². The number of nitrogens with one attached hydrogen (secondary N) is 1. The molecular formula is C30H41ClN4O2. The van der Waals surface area contributed by atoms with Crippen molar-refractivity contribution in [2.24, 2.45) is 23.2 Å². The molecule has 1 aliphatic heterocycles. The largest absolute Gasteiger partial charge is 0.384 e. The van der Waals surface area contributed by atoms with Gasteiger partial charge in [0.15, 0.2) is 0 Å². The Bertz CT molecular complexity index is 1040. The van der Waals surface area contributed by atoms with Crippen molar-refractivity contribution in [3.05, 3.63) is 41.2 Å².